The maximum atomic E-state index is 10.4. The molecule has 5 nitrogen and oxygen atoms in total. The Balaban J connectivity index is 3.85. The van der Waals surface area contributed by atoms with Crippen molar-refractivity contribution >= 4 is 11.9 Å². The van der Waals surface area contributed by atoms with E-state index in [9.17, 15) is 9.59 Å². The number of aliphatic carboxylic acids is 1. The van der Waals surface area contributed by atoms with Crippen LogP contribution in [-0.2, 0) is 14.3 Å². The quantitative estimate of drug-likeness (QED) is 0.300. The molecule has 1 unspecified atom stereocenters. The summed E-state index contributed by atoms with van der Waals surface area (Å²) in [5, 5.41) is 16.5. The number of rotatable bonds is 3. The van der Waals surface area contributed by atoms with Crippen LogP contribution in [0.4, 0.5) is 0 Å². The molecule has 0 aliphatic rings. The number of hydrogen-bond acceptors (Lipinski definition) is 4. The topological polar surface area (TPSA) is 83.8 Å². The first-order valence-corrected chi connectivity index (χ1v) is 2.60. The van der Waals surface area contributed by atoms with Gasteiger partial charge >= 0.3 is 11.9 Å². The smallest absolute Gasteiger partial charge is 0.347 e. The van der Waals surface area contributed by atoms with E-state index in [2.05, 4.69) is 4.74 Å². The van der Waals surface area contributed by atoms with Crippen molar-refractivity contribution in [3.05, 3.63) is 0 Å². The molecule has 0 heterocycles. The van der Waals surface area contributed by atoms with Crippen molar-refractivity contribution in [2.75, 3.05) is 6.61 Å². The Hall–Kier alpha value is -1.54. The van der Waals surface area contributed by atoms with Crippen LogP contribution in [0.1, 0.15) is 0 Å². The van der Waals surface area contributed by atoms with Crippen LogP contribution in [0.25, 0.3) is 0 Å². The molecule has 11 heavy (non-hydrogen) atoms. The minimum atomic E-state index is -2.15. The Kier molecular flexibility index (Phi) is 3.70. The number of ether oxygens (including phenoxy) is 1. The van der Waals surface area contributed by atoms with E-state index < -0.39 is 18.0 Å². The van der Waals surface area contributed by atoms with E-state index in [0.717, 1.165) is 0 Å². The van der Waals surface area contributed by atoms with Crippen molar-refractivity contribution in [1.29, 1.82) is 0 Å². The highest BCUT2D eigenvalue weighted by Crippen LogP contribution is 1.87. The van der Waals surface area contributed by atoms with Gasteiger partial charge in [0.2, 0.25) is 6.10 Å². The number of hydrogen-bond donors (Lipinski definition) is 2. The van der Waals surface area contributed by atoms with Gasteiger partial charge in [-0.25, -0.2) is 9.59 Å². The lowest BCUT2D eigenvalue weighted by atomic mass is 10.4. The number of aliphatic hydroxyl groups excluding tert-OH is 1. The van der Waals surface area contributed by atoms with Gasteiger partial charge in [-0.05, 0) is 0 Å². The zero-order valence-electron chi connectivity index (χ0n) is 5.48. The van der Waals surface area contributed by atoms with E-state index in [1.807, 2.05) is 5.92 Å². The standard InChI is InChI=1S/C6H6O5/c1-2-3-11-6(10)4(7)5(8)9/h1,4,7H,3H2,(H,8,9). The molecule has 0 rings (SSSR count). The molecule has 0 bridgehead atoms. The molecule has 0 radical (unpaired) electrons. The van der Waals surface area contributed by atoms with E-state index in [1.165, 1.54) is 0 Å². The third-order valence-electron chi connectivity index (χ3n) is 0.755. The Morgan fingerprint density at radius 1 is 1.64 bits per heavy atom. The summed E-state index contributed by atoms with van der Waals surface area (Å²) in [6.45, 7) is -0.344. The first-order valence-electron chi connectivity index (χ1n) is 2.60. The van der Waals surface area contributed by atoms with Gasteiger partial charge in [0.15, 0.2) is 6.61 Å². The fraction of sp³-hybridized carbons (Fsp3) is 0.333. The molecule has 60 valence electrons. The highest BCUT2D eigenvalue weighted by atomic mass is 16.6. The normalized spacial score (nSPS) is 11.3. The molecule has 0 aromatic heterocycles. The first kappa shape index (κ1) is 9.46. The van der Waals surface area contributed by atoms with Crippen LogP contribution in [0.2, 0.25) is 0 Å². The zero-order chi connectivity index (χ0) is 8.85. The van der Waals surface area contributed by atoms with Crippen LogP contribution >= 0.6 is 0 Å². The van der Waals surface area contributed by atoms with Gasteiger partial charge in [-0.1, -0.05) is 5.92 Å². The van der Waals surface area contributed by atoms with Crippen LogP contribution in [0.3, 0.4) is 0 Å². The summed E-state index contributed by atoms with van der Waals surface area (Å²) in [5.41, 5.74) is 0. The lowest BCUT2D eigenvalue weighted by Crippen LogP contribution is -2.31. The predicted octanol–water partition coefficient (Wildman–Crippen LogP) is -1.39. The van der Waals surface area contributed by atoms with Gasteiger partial charge < -0.3 is 14.9 Å². The van der Waals surface area contributed by atoms with Crippen LogP contribution < -0.4 is 0 Å². The molecule has 0 aliphatic heterocycles. The van der Waals surface area contributed by atoms with Crippen molar-refractivity contribution < 1.29 is 24.5 Å². The highest BCUT2D eigenvalue weighted by Gasteiger charge is 2.23. The molecule has 0 spiro atoms. The van der Waals surface area contributed by atoms with Gasteiger partial charge in [-0.15, -0.1) is 6.42 Å². The minimum Gasteiger partial charge on any atom is -0.479 e. The molecule has 1 atom stereocenters. The molecular formula is C6H6O5. The van der Waals surface area contributed by atoms with Gasteiger partial charge in [-0.2, -0.15) is 0 Å². The van der Waals surface area contributed by atoms with Gasteiger partial charge in [-0.3, -0.25) is 0 Å². The number of aliphatic hydroxyl groups is 1. The summed E-state index contributed by atoms with van der Waals surface area (Å²) < 4.78 is 4.11. The minimum absolute atomic E-state index is 0.344. The molecule has 5 heteroatoms. The number of carboxylic acids is 1. The maximum Gasteiger partial charge on any atom is 0.347 e. The van der Waals surface area contributed by atoms with Crippen molar-refractivity contribution in [1.82, 2.24) is 0 Å². The summed E-state index contributed by atoms with van der Waals surface area (Å²) in [6, 6.07) is 0. The van der Waals surface area contributed by atoms with Crippen molar-refractivity contribution in [2.24, 2.45) is 0 Å². The van der Waals surface area contributed by atoms with Crippen LogP contribution in [0, 0.1) is 12.3 Å². The highest BCUT2D eigenvalue weighted by molar-refractivity contribution is 5.96. The third-order valence-corrected chi connectivity index (χ3v) is 0.755. The van der Waals surface area contributed by atoms with Crippen molar-refractivity contribution in [2.45, 2.75) is 6.10 Å². The molecule has 0 saturated carbocycles. The largest absolute Gasteiger partial charge is 0.479 e. The second kappa shape index (κ2) is 4.30. The van der Waals surface area contributed by atoms with Crippen molar-refractivity contribution in [3.8, 4) is 12.3 Å². The lowest BCUT2D eigenvalue weighted by Gasteiger charge is -2.02. The Labute approximate surface area is 62.6 Å². The van der Waals surface area contributed by atoms with Crippen LogP contribution in [-0.4, -0.2) is 34.9 Å². The summed E-state index contributed by atoms with van der Waals surface area (Å²) in [4.78, 5) is 20.3. The second-order valence-corrected chi connectivity index (χ2v) is 1.55. The average molecular weight is 158 g/mol. The van der Waals surface area contributed by atoms with E-state index in [-0.39, 0.29) is 6.61 Å². The average Bonchev–Trinajstić information content (AvgIpc) is 1.98. The van der Waals surface area contributed by atoms with Crippen LogP contribution in [0.15, 0.2) is 0 Å². The fourth-order valence-electron chi connectivity index (χ4n) is 0.293. The molecule has 2 N–H and O–H groups in total. The van der Waals surface area contributed by atoms with Gasteiger partial charge in [0.1, 0.15) is 0 Å². The zero-order valence-corrected chi connectivity index (χ0v) is 5.48. The molecule has 0 aliphatic carbocycles. The molecule has 0 aromatic carbocycles. The monoisotopic (exact) mass is 158 g/mol. The Bertz CT molecular complexity index is 202. The predicted molar refractivity (Wildman–Crippen MR) is 33.4 cm³/mol. The molecule has 0 fully saturated rings. The molecule has 0 aromatic rings. The summed E-state index contributed by atoms with van der Waals surface area (Å²) in [6.07, 6.45) is 2.55. The van der Waals surface area contributed by atoms with E-state index >= 15 is 0 Å². The summed E-state index contributed by atoms with van der Waals surface area (Å²) in [5.74, 6) is -0.969. The lowest BCUT2D eigenvalue weighted by molar-refractivity contribution is -0.164. The van der Waals surface area contributed by atoms with Crippen molar-refractivity contribution in [3.63, 3.8) is 0 Å². The van der Waals surface area contributed by atoms with Crippen LogP contribution in [0.5, 0.6) is 0 Å². The van der Waals surface area contributed by atoms with E-state index in [4.69, 9.17) is 16.6 Å². The summed E-state index contributed by atoms with van der Waals surface area (Å²) >= 11 is 0. The number of carbonyl (C=O) groups is 2. The second-order valence-electron chi connectivity index (χ2n) is 1.55. The van der Waals surface area contributed by atoms with E-state index in [1.54, 1.807) is 0 Å². The maximum absolute atomic E-state index is 10.4. The Morgan fingerprint density at radius 3 is 2.55 bits per heavy atom. The SMILES string of the molecule is C#CCOC(=O)C(O)C(=O)O. The van der Waals surface area contributed by atoms with Gasteiger partial charge in [0.05, 0.1) is 0 Å². The van der Waals surface area contributed by atoms with Gasteiger partial charge in [0, 0.05) is 0 Å². The third kappa shape index (κ3) is 3.23. The van der Waals surface area contributed by atoms with Gasteiger partial charge in [0.25, 0.3) is 0 Å². The Morgan fingerprint density at radius 2 is 2.18 bits per heavy atom. The molecule has 0 amide bonds. The number of carbonyl (C=O) groups excluding carboxylic acids is 1. The van der Waals surface area contributed by atoms with E-state index in [0.29, 0.717) is 0 Å². The number of carboxylic acid groups (broad SMARTS) is 1. The fourth-order valence-corrected chi connectivity index (χ4v) is 0.293. The molecule has 0 saturated heterocycles. The summed E-state index contributed by atoms with van der Waals surface area (Å²) in [7, 11) is 0. The molecular weight excluding hydrogens is 152 g/mol. The first-order chi connectivity index (χ1) is 5.09. The number of esters is 1. The number of terminal acetylenes is 1.